The van der Waals surface area contributed by atoms with Crippen molar-refractivity contribution in [2.24, 2.45) is 0 Å². The Morgan fingerprint density at radius 3 is 2.76 bits per heavy atom. The zero-order chi connectivity index (χ0) is 15.0. The summed E-state index contributed by atoms with van der Waals surface area (Å²) in [6, 6.07) is 6.66. The fraction of sp³-hybridized carbons (Fsp3) is 0.588. The summed E-state index contributed by atoms with van der Waals surface area (Å²) < 4.78 is 5.75. The predicted octanol–water partition coefficient (Wildman–Crippen LogP) is 2.43. The number of nitrogens with one attached hydrogen (secondary N) is 1. The predicted molar refractivity (Wildman–Crippen MR) is 83.6 cm³/mol. The lowest BCUT2D eigenvalue weighted by molar-refractivity contribution is -0.117. The number of hydrogen-bond donors (Lipinski definition) is 1. The number of nitrogens with zero attached hydrogens (tertiary/aromatic N) is 1. The molecule has 3 rings (SSSR count). The van der Waals surface area contributed by atoms with Gasteiger partial charge < -0.3 is 15.0 Å². The molecule has 0 spiro atoms. The Hall–Kier alpha value is -1.39. The number of ether oxygens (including phenoxy) is 1. The van der Waals surface area contributed by atoms with Crippen LogP contribution in [-0.2, 0) is 16.0 Å². The Balaban J connectivity index is 1.82. The molecule has 1 saturated carbocycles. The normalized spacial score (nSPS) is 21.1. The van der Waals surface area contributed by atoms with Crippen LogP contribution in [0.4, 0.5) is 5.69 Å². The van der Waals surface area contributed by atoms with Gasteiger partial charge in [-0.15, -0.1) is 0 Å². The van der Waals surface area contributed by atoms with E-state index in [-0.39, 0.29) is 17.6 Å². The Bertz CT molecular complexity index is 546. The van der Waals surface area contributed by atoms with Gasteiger partial charge in [0.25, 0.3) is 0 Å². The molecule has 1 atom stereocenters. The van der Waals surface area contributed by atoms with Crippen molar-refractivity contribution >= 4 is 11.6 Å². The van der Waals surface area contributed by atoms with Crippen molar-refractivity contribution in [2.75, 3.05) is 26.1 Å². The topological polar surface area (TPSA) is 41.6 Å². The standard InChI is InChI=1S/C17H24N2O2/c1-18-14(11-17(21-3)7-4-8-17)12-5-6-15-13(9-12)10-16(20)19(15)2/h5-6,9,14,18H,4,7-8,10-11H2,1-3H3. The summed E-state index contributed by atoms with van der Waals surface area (Å²) >= 11 is 0. The van der Waals surface area contributed by atoms with Gasteiger partial charge in [-0.3, -0.25) is 4.79 Å². The highest BCUT2D eigenvalue weighted by atomic mass is 16.5. The molecule has 1 heterocycles. The maximum Gasteiger partial charge on any atom is 0.231 e. The molecule has 4 heteroatoms. The smallest absolute Gasteiger partial charge is 0.231 e. The van der Waals surface area contributed by atoms with Crippen LogP contribution in [0.5, 0.6) is 0 Å². The van der Waals surface area contributed by atoms with Crippen molar-refractivity contribution in [3.8, 4) is 0 Å². The number of methoxy groups -OCH3 is 1. The SMILES string of the molecule is CNC(CC1(OC)CCC1)c1ccc2c(c1)CC(=O)N2C. The number of amides is 1. The zero-order valence-corrected chi connectivity index (χ0v) is 13.1. The summed E-state index contributed by atoms with van der Waals surface area (Å²) in [5.74, 6) is 0.176. The van der Waals surface area contributed by atoms with Crippen molar-refractivity contribution < 1.29 is 9.53 Å². The molecule has 114 valence electrons. The lowest BCUT2D eigenvalue weighted by Crippen LogP contribution is -2.42. The molecule has 1 amide bonds. The molecule has 4 nitrogen and oxygen atoms in total. The van der Waals surface area contributed by atoms with Gasteiger partial charge in [0.1, 0.15) is 0 Å². The molecule has 1 N–H and O–H groups in total. The zero-order valence-electron chi connectivity index (χ0n) is 13.1. The second-order valence-corrected chi connectivity index (χ2v) is 6.30. The van der Waals surface area contributed by atoms with Crippen LogP contribution in [0.25, 0.3) is 0 Å². The Morgan fingerprint density at radius 1 is 1.43 bits per heavy atom. The van der Waals surface area contributed by atoms with E-state index in [0.29, 0.717) is 6.42 Å². The Morgan fingerprint density at radius 2 is 2.19 bits per heavy atom. The molecule has 1 unspecified atom stereocenters. The molecule has 0 aromatic heterocycles. The number of fused-ring (bicyclic) bond motifs is 1. The lowest BCUT2D eigenvalue weighted by Gasteiger charge is -2.43. The van der Waals surface area contributed by atoms with Crippen molar-refractivity contribution in [3.63, 3.8) is 0 Å². The third-order valence-electron chi connectivity index (χ3n) is 5.21. The quantitative estimate of drug-likeness (QED) is 0.905. The van der Waals surface area contributed by atoms with Crippen LogP contribution in [0.15, 0.2) is 18.2 Å². The molecule has 21 heavy (non-hydrogen) atoms. The van der Waals surface area contributed by atoms with E-state index in [1.807, 2.05) is 21.2 Å². The first-order valence-corrected chi connectivity index (χ1v) is 7.70. The van der Waals surface area contributed by atoms with Crippen molar-refractivity contribution in [3.05, 3.63) is 29.3 Å². The summed E-state index contributed by atoms with van der Waals surface area (Å²) in [5, 5.41) is 3.41. The average Bonchev–Trinajstić information content (AvgIpc) is 2.73. The Kier molecular flexibility index (Phi) is 3.76. The maximum absolute atomic E-state index is 11.8. The highest BCUT2D eigenvalue weighted by Crippen LogP contribution is 2.42. The van der Waals surface area contributed by atoms with E-state index in [0.717, 1.165) is 30.5 Å². The molecular formula is C17H24N2O2. The molecule has 1 aromatic carbocycles. The van der Waals surface area contributed by atoms with Crippen LogP contribution < -0.4 is 10.2 Å². The first-order chi connectivity index (χ1) is 10.1. The highest BCUT2D eigenvalue weighted by Gasteiger charge is 2.39. The van der Waals surface area contributed by atoms with Gasteiger partial charge in [0.2, 0.25) is 5.91 Å². The third kappa shape index (κ3) is 2.47. The van der Waals surface area contributed by atoms with E-state index >= 15 is 0 Å². The maximum atomic E-state index is 11.8. The summed E-state index contributed by atoms with van der Waals surface area (Å²) in [6.45, 7) is 0. The van der Waals surface area contributed by atoms with Crippen molar-refractivity contribution in [1.82, 2.24) is 5.32 Å². The van der Waals surface area contributed by atoms with Crippen LogP contribution in [0.3, 0.4) is 0 Å². The van der Waals surface area contributed by atoms with Gasteiger partial charge in [-0.25, -0.2) is 0 Å². The number of hydrogen-bond acceptors (Lipinski definition) is 3. The van der Waals surface area contributed by atoms with Crippen LogP contribution in [0.1, 0.15) is 42.9 Å². The first kappa shape index (κ1) is 14.5. The molecule has 1 aromatic rings. The van der Waals surface area contributed by atoms with Gasteiger partial charge in [-0.05, 0) is 49.9 Å². The molecule has 1 aliphatic heterocycles. The van der Waals surface area contributed by atoms with Gasteiger partial charge in [-0.2, -0.15) is 0 Å². The molecule has 2 aliphatic rings. The van der Waals surface area contributed by atoms with E-state index < -0.39 is 0 Å². The monoisotopic (exact) mass is 288 g/mol. The molecule has 1 fully saturated rings. The number of carbonyl (C=O) groups excluding carboxylic acids is 1. The number of rotatable bonds is 5. The van der Waals surface area contributed by atoms with E-state index in [9.17, 15) is 4.79 Å². The van der Waals surface area contributed by atoms with Crippen LogP contribution in [0, 0.1) is 0 Å². The second-order valence-electron chi connectivity index (χ2n) is 6.30. The Labute approximate surface area is 126 Å². The van der Waals surface area contributed by atoms with Crippen LogP contribution in [0.2, 0.25) is 0 Å². The summed E-state index contributed by atoms with van der Waals surface area (Å²) in [4.78, 5) is 13.5. The minimum atomic E-state index is 0.0410. The number of anilines is 1. The van der Waals surface area contributed by atoms with Gasteiger partial charge in [0.15, 0.2) is 0 Å². The van der Waals surface area contributed by atoms with Crippen LogP contribution >= 0.6 is 0 Å². The summed E-state index contributed by atoms with van der Waals surface area (Å²) in [7, 11) is 5.66. The lowest BCUT2D eigenvalue weighted by atomic mass is 9.74. The number of likely N-dealkylation sites (N-methyl/N-ethyl adjacent to an activating group) is 1. The molecule has 0 bridgehead atoms. The van der Waals surface area contributed by atoms with E-state index in [1.54, 1.807) is 4.90 Å². The van der Waals surface area contributed by atoms with Crippen molar-refractivity contribution in [1.29, 1.82) is 0 Å². The van der Waals surface area contributed by atoms with Crippen LogP contribution in [-0.4, -0.2) is 32.7 Å². The largest absolute Gasteiger partial charge is 0.378 e. The third-order valence-corrected chi connectivity index (χ3v) is 5.21. The first-order valence-electron chi connectivity index (χ1n) is 7.70. The molecular weight excluding hydrogens is 264 g/mol. The van der Waals surface area contributed by atoms with Gasteiger partial charge in [0, 0.05) is 25.9 Å². The average molecular weight is 288 g/mol. The van der Waals surface area contributed by atoms with Gasteiger partial charge >= 0.3 is 0 Å². The summed E-state index contributed by atoms with van der Waals surface area (Å²) in [5.41, 5.74) is 3.48. The van der Waals surface area contributed by atoms with E-state index in [2.05, 4.69) is 23.5 Å². The minimum absolute atomic E-state index is 0.0410. The fourth-order valence-electron chi connectivity index (χ4n) is 3.53. The fourth-order valence-corrected chi connectivity index (χ4v) is 3.53. The number of benzene rings is 1. The minimum Gasteiger partial charge on any atom is -0.378 e. The van der Waals surface area contributed by atoms with Gasteiger partial charge in [-0.1, -0.05) is 12.1 Å². The highest BCUT2D eigenvalue weighted by molar-refractivity contribution is 6.00. The molecule has 1 aliphatic carbocycles. The van der Waals surface area contributed by atoms with E-state index in [4.69, 9.17) is 4.74 Å². The van der Waals surface area contributed by atoms with Gasteiger partial charge in [0.05, 0.1) is 12.0 Å². The number of carbonyl (C=O) groups is 1. The molecule has 0 radical (unpaired) electrons. The van der Waals surface area contributed by atoms with E-state index in [1.165, 1.54) is 12.0 Å². The van der Waals surface area contributed by atoms with Crippen molar-refractivity contribution in [2.45, 2.75) is 43.7 Å². The second kappa shape index (κ2) is 5.43. The summed E-state index contributed by atoms with van der Waals surface area (Å²) in [6.07, 6.45) is 5.06. The molecule has 0 saturated heterocycles.